The summed E-state index contributed by atoms with van der Waals surface area (Å²) in [4.78, 5) is 25.9. The van der Waals surface area contributed by atoms with E-state index in [4.69, 9.17) is 14.2 Å². The summed E-state index contributed by atoms with van der Waals surface area (Å²) in [5, 5.41) is 0. The van der Waals surface area contributed by atoms with Crippen LogP contribution in [0.2, 0.25) is 0 Å². The van der Waals surface area contributed by atoms with Crippen LogP contribution in [-0.4, -0.2) is 29.5 Å². The molecule has 20 heavy (non-hydrogen) atoms. The Labute approximate surface area is 117 Å². The van der Waals surface area contributed by atoms with Gasteiger partial charge in [-0.2, -0.15) is 0 Å². The molecule has 2 rings (SSSR count). The molecule has 6 nitrogen and oxygen atoms in total. The van der Waals surface area contributed by atoms with Crippen molar-refractivity contribution in [1.82, 2.24) is 4.98 Å². The summed E-state index contributed by atoms with van der Waals surface area (Å²) in [6.45, 7) is 1.48. The molecule has 110 valence electrons. The lowest BCUT2D eigenvalue weighted by Crippen LogP contribution is -2.26. The van der Waals surface area contributed by atoms with Crippen LogP contribution in [0.3, 0.4) is 0 Å². The van der Waals surface area contributed by atoms with Gasteiger partial charge in [-0.05, 0) is 37.8 Å². The summed E-state index contributed by atoms with van der Waals surface area (Å²) in [6.07, 6.45) is 4.80. The van der Waals surface area contributed by atoms with Gasteiger partial charge in [0.2, 0.25) is 6.29 Å². The van der Waals surface area contributed by atoms with Crippen LogP contribution in [0.1, 0.15) is 49.5 Å². The van der Waals surface area contributed by atoms with Crippen LogP contribution >= 0.6 is 0 Å². The lowest BCUT2D eigenvalue weighted by molar-refractivity contribution is -0.0916. The average molecular weight is 281 g/mol. The summed E-state index contributed by atoms with van der Waals surface area (Å²) in [5.74, 6) is -0.576. The van der Waals surface area contributed by atoms with Crippen LogP contribution in [0, 0.1) is 0 Å². The molecule has 6 heteroatoms. The van der Waals surface area contributed by atoms with E-state index in [1.54, 1.807) is 18.3 Å². The van der Waals surface area contributed by atoms with Crippen molar-refractivity contribution in [3.63, 3.8) is 0 Å². The molecule has 0 spiro atoms. The maximum Gasteiger partial charge on any atom is 0.511 e. The van der Waals surface area contributed by atoms with Crippen LogP contribution in [0.25, 0.3) is 0 Å². The van der Waals surface area contributed by atoms with Gasteiger partial charge in [0.15, 0.2) is 0 Å². The van der Waals surface area contributed by atoms with Gasteiger partial charge < -0.3 is 19.2 Å². The number of ether oxygens (including phenoxy) is 3. The number of carbonyl (C=O) groups excluding carboxylic acids is 2. The fraction of sp³-hybridized carbons (Fsp3) is 0.571. The van der Waals surface area contributed by atoms with Gasteiger partial charge in [0.05, 0.1) is 0 Å². The molecule has 0 radical (unpaired) electrons. The zero-order chi connectivity index (χ0) is 14.4. The second-order valence-electron chi connectivity index (χ2n) is 4.80. The molecule has 1 atom stereocenters. The second kappa shape index (κ2) is 6.98. The van der Waals surface area contributed by atoms with Gasteiger partial charge in [0, 0.05) is 13.1 Å². The first-order chi connectivity index (χ1) is 9.65. The molecule has 1 saturated carbocycles. The molecule has 1 fully saturated rings. The highest BCUT2D eigenvalue weighted by Gasteiger charge is 2.21. The highest BCUT2D eigenvalue weighted by atomic mass is 16.8. The molecule has 1 aliphatic rings. The van der Waals surface area contributed by atoms with Crippen LogP contribution < -0.4 is 0 Å². The molecule has 0 saturated heterocycles. The average Bonchev–Trinajstić information content (AvgIpc) is 2.93. The van der Waals surface area contributed by atoms with Crippen LogP contribution in [0.4, 0.5) is 4.79 Å². The molecule has 0 aromatic carbocycles. The predicted molar refractivity (Wildman–Crippen MR) is 70.1 cm³/mol. The standard InChI is InChI=1S/C14H19NO5/c1-10(18-13(16)12-8-5-9-15-12)19-14(17)20-11-6-3-2-4-7-11/h5,8-11,15H,2-4,6-7H2,1H3. The Morgan fingerprint density at radius 2 is 2.00 bits per heavy atom. The minimum Gasteiger partial charge on any atom is -0.431 e. The van der Waals surface area contributed by atoms with E-state index < -0.39 is 18.4 Å². The van der Waals surface area contributed by atoms with Crippen molar-refractivity contribution >= 4 is 12.1 Å². The first-order valence-electron chi connectivity index (χ1n) is 6.87. The number of rotatable bonds is 4. The lowest BCUT2D eigenvalue weighted by atomic mass is 9.98. The van der Waals surface area contributed by atoms with Gasteiger partial charge >= 0.3 is 12.1 Å². The maximum atomic E-state index is 11.6. The normalized spacial score (nSPS) is 17.2. The molecule has 0 amide bonds. The number of hydrogen-bond donors (Lipinski definition) is 1. The number of aromatic amines is 1. The van der Waals surface area contributed by atoms with Gasteiger partial charge in [-0.25, -0.2) is 9.59 Å². The third kappa shape index (κ3) is 4.29. The van der Waals surface area contributed by atoms with E-state index in [2.05, 4.69) is 4.98 Å². The Kier molecular flexibility index (Phi) is 5.03. The molecule has 1 aliphatic carbocycles. The van der Waals surface area contributed by atoms with Crippen LogP contribution in [-0.2, 0) is 14.2 Å². The molecule has 1 heterocycles. The first-order valence-corrected chi connectivity index (χ1v) is 6.87. The van der Waals surface area contributed by atoms with Gasteiger partial charge in [0.25, 0.3) is 0 Å². The number of esters is 1. The summed E-state index contributed by atoms with van der Waals surface area (Å²) >= 11 is 0. The molecule has 1 aromatic heterocycles. The molecule has 0 aliphatic heterocycles. The molecule has 0 bridgehead atoms. The van der Waals surface area contributed by atoms with Crippen molar-refractivity contribution in [3.8, 4) is 0 Å². The van der Waals surface area contributed by atoms with E-state index in [1.807, 2.05) is 0 Å². The number of hydrogen-bond acceptors (Lipinski definition) is 5. The number of nitrogens with one attached hydrogen (secondary N) is 1. The van der Waals surface area contributed by atoms with Gasteiger partial charge in [-0.3, -0.25) is 0 Å². The summed E-state index contributed by atoms with van der Waals surface area (Å²) in [7, 11) is 0. The lowest BCUT2D eigenvalue weighted by Gasteiger charge is -2.22. The van der Waals surface area contributed by atoms with E-state index in [9.17, 15) is 9.59 Å². The van der Waals surface area contributed by atoms with E-state index >= 15 is 0 Å². The number of aromatic nitrogens is 1. The summed E-state index contributed by atoms with van der Waals surface area (Å²) in [5.41, 5.74) is 0.307. The van der Waals surface area contributed by atoms with Crippen LogP contribution in [0.5, 0.6) is 0 Å². The molecule has 1 N–H and O–H groups in total. The zero-order valence-corrected chi connectivity index (χ0v) is 11.5. The Balaban J connectivity index is 1.71. The highest BCUT2D eigenvalue weighted by Crippen LogP contribution is 2.20. The minimum absolute atomic E-state index is 0.0810. The van der Waals surface area contributed by atoms with Gasteiger partial charge in [-0.1, -0.05) is 6.42 Å². The van der Waals surface area contributed by atoms with Gasteiger partial charge in [0.1, 0.15) is 11.8 Å². The second-order valence-corrected chi connectivity index (χ2v) is 4.80. The molecule has 1 aromatic rings. The summed E-state index contributed by atoms with van der Waals surface area (Å²) in [6, 6.07) is 3.26. The van der Waals surface area contributed by atoms with Crippen molar-refractivity contribution in [2.24, 2.45) is 0 Å². The highest BCUT2D eigenvalue weighted by molar-refractivity contribution is 5.87. The summed E-state index contributed by atoms with van der Waals surface area (Å²) < 4.78 is 15.0. The fourth-order valence-electron chi connectivity index (χ4n) is 2.18. The predicted octanol–water partition coefficient (Wildman–Crippen LogP) is 3.00. The van der Waals surface area contributed by atoms with Gasteiger partial charge in [-0.15, -0.1) is 0 Å². The van der Waals surface area contributed by atoms with E-state index in [1.165, 1.54) is 13.3 Å². The van der Waals surface area contributed by atoms with Crippen molar-refractivity contribution in [2.75, 3.05) is 0 Å². The Bertz CT molecular complexity index is 436. The topological polar surface area (TPSA) is 77.6 Å². The molecular formula is C14H19NO5. The van der Waals surface area contributed by atoms with Crippen LogP contribution in [0.15, 0.2) is 18.3 Å². The number of carbonyl (C=O) groups is 2. The Morgan fingerprint density at radius 3 is 2.65 bits per heavy atom. The van der Waals surface area contributed by atoms with Crippen molar-refractivity contribution in [2.45, 2.75) is 51.4 Å². The van der Waals surface area contributed by atoms with E-state index in [0.717, 1.165) is 25.7 Å². The fourth-order valence-corrected chi connectivity index (χ4v) is 2.18. The maximum absolute atomic E-state index is 11.6. The Morgan fingerprint density at radius 1 is 1.25 bits per heavy atom. The minimum atomic E-state index is -0.984. The zero-order valence-electron chi connectivity index (χ0n) is 11.5. The molecular weight excluding hydrogens is 262 g/mol. The first kappa shape index (κ1) is 14.4. The third-order valence-electron chi connectivity index (χ3n) is 3.17. The monoisotopic (exact) mass is 281 g/mol. The quantitative estimate of drug-likeness (QED) is 0.678. The third-order valence-corrected chi connectivity index (χ3v) is 3.17. The Hall–Kier alpha value is -1.98. The van der Waals surface area contributed by atoms with Crippen molar-refractivity contribution in [1.29, 1.82) is 0 Å². The van der Waals surface area contributed by atoms with Crippen molar-refractivity contribution < 1.29 is 23.8 Å². The smallest absolute Gasteiger partial charge is 0.431 e. The SMILES string of the molecule is CC(OC(=O)OC1CCCCC1)OC(=O)c1ccc[nH]1. The number of H-pyrrole nitrogens is 1. The van der Waals surface area contributed by atoms with E-state index in [-0.39, 0.29) is 6.10 Å². The van der Waals surface area contributed by atoms with Crippen molar-refractivity contribution in [3.05, 3.63) is 24.0 Å². The largest absolute Gasteiger partial charge is 0.511 e. The molecule has 1 unspecified atom stereocenters. The van der Waals surface area contributed by atoms with E-state index in [0.29, 0.717) is 5.69 Å².